The average Bonchev–Trinajstić information content (AvgIpc) is 3.12. The zero-order chi connectivity index (χ0) is 22.3. The van der Waals surface area contributed by atoms with Crippen molar-refractivity contribution in [2.24, 2.45) is 0 Å². The van der Waals surface area contributed by atoms with Crippen molar-refractivity contribution in [1.29, 1.82) is 0 Å². The maximum atomic E-state index is 13.5. The number of carbonyl (C=O) groups excluding carboxylic acids is 1. The first-order chi connectivity index (χ1) is 14.7. The van der Waals surface area contributed by atoms with E-state index >= 15 is 0 Å². The molecule has 0 aliphatic heterocycles. The molecule has 0 atom stereocenters. The fourth-order valence-corrected chi connectivity index (χ4v) is 3.54. The third-order valence-corrected chi connectivity index (χ3v) is 5.03. The molecule has 1 aromatic heterocycles. The first kappa shape index (κ1) is 24.0. The number of fused-ring (bicyclic) bond motifs is 1. The normalized spacial score (nSPS) is 11.2. The van der Waals surface area contributed by atoms with Gasteiger partial charge in [-0.15, -0.1) is 0 Å². The van der Waals surface area contributed by atoms with E-state index in [4.69, 9.17) is 16.7 Å². The van der Waals surface area contributed by atoms with E-state index < -0.39 is 29.2 Å². The molecule has 0 fully saturated rings. The SMILES string of the molecule is O=C(O)c1ccc(-c2nn(C(=O)c3c(Cl)cccc3C(F)(F)F)c3ccccc23)cc1.[NaH]. The number of benzene rings is 3. The van der Waals surface area contributed by atoms with Crippen molar-refractivity contribution in [3.8, 4) is 11.3 Å². The second kappa shape index (κ2) is 9.07. The molecule has 0 aliphatic carbocycles. The molecule has 0 amide bonds. The van der Waals surface area contributed by atoms with Gasteiger partial charge >= 0.3 is 41.7 Å². The number of carboxylic acid groups (broad SMARTS) is 1. The Labute approximate surface area is 206 Å². The Bertz CT molecular complexity index is 1330. The summed E-state index contributed by atoms with van der Waals surface area (Å²) in [6, 6.07) is 15.5. The molecule has 1 N–H and O–H groups in total. The predicted molar refractivity (Wildman–Crippen MR) is 115 cm³/mol. The topological polar surface area (TPSA) is 72.2 Å². The standard InChI is InChI=1S/C22H12ClF3N2O3.Na.H/c23-16-6-3-5-15(22(24,25)26)18(16)20(29)28-17-7-2-1-4-14(17)19(27-28)12-8-10-13(11-9-12)21(30)31;;/h1-11H,(H,30,31);;. The summed E-state index contributed by atoms with van der Waals surface area (Å²) < 4.78 is 41.4. The Morgan fingerprint density at radius 2 is 1.59 bits per heavy atom. The molecule has 0 radical (unpaired) electrons. The summed E-state index contributed by atoms with van der Waals surface area (Å²) in [5.74, 6) is -2.13. The van der Waals surface area contributed by atoms with Gasteiger partial charge in [0.25, 0.3) is 5.91 Å². The molecule has 10 heteroatoms. The van der Waals surface area contributed by atoms with Crippen LogP contribution in [0.3, 0.4) is 0 Å². The Morgan fingerprint density at radius 3 is 2.22 bits per heavy atom. The van der Waals surface area contributed by atoms with Crippen molar-refractivity contribution in [3.05, 3.63) is 88.4 Å². The van der Waals surface area contributed by atoms with Gasteiger partial charge in [0.15, 0.2) is 0 Å². The van der Waals surface area contributed by atoms with E-state index in [1.54, 1.807) is 24.3 Å². The number of nitrogens with zero attached hydrogens (tertiary/aromatic N) is 2. The number of hydrogen-bond donors (Lipinski definition) is 1. The van der Waals surface area contributed by atoms with Gasteiger partial charge in [0, 0.05) is 10.9 Å². The molecular weight excluding hydrogens is 456 g/mol. The Hall–Kier alpha value is -2.65. The van der Waals surface area contributed by atoms with Gasteiger partial charge in [-0.2, -0.15) is 23.0 Å². The van der Waals surface area contributed by atoms with Gasteiger partial charge in [0.2, 0.25) is 0 Å². The van der Waals surface area contributed by atoms with Crippen molar-refractivity contribution in [2.45, 2.75) is 6.18 Å². The van der Waals surface area contributed by atoms with E-state index in [1.165, 1.54) is 30.3 Å². The quantitative estimate of drug-likeness (QED) is 0.424. The van der Waals surface area contributed by atoms with E-state index in [2.05, 4.69) is 5.10 Å². The van der Waals surface area contributed by atoms with Crippen molar-refractivity contribution >= 4 is 63.9 Å². The fraction of sp³-hybridized carbons (Fsp3) is 0.0455. The minimum absolute atomic E-state index is 0. The summed E-state index contributed by atoms with van der Waals surface area (Å²) in [6.07, 6.45) is -4.78. The molecule has 4 aromatic rings. The van der Waals surface area contributed by atoms with Gasteiger partial charge in [-0.3, -0.25) is 4.79 Å². The monoisotopic (exact) mass is 468 g/mol. The van der Waals surface area contributed by atoms with Gasteiger partial charge < -0.3 is 5.11 Å². The van der Waals surface area contributed by atoms with Crippen LogP contribution >= 0.6 is 11.6 Å². The summed E-state index contributed by atoms with van der Waals surface area (Å²) in [6.45, 7) is 0. The predicted octanol–water partition coefficient (Wildman–Crippen LogP) is 5.11. The second-order valence-electron chi connectivity index (χ2n) is 6.63. The van der Waals surface area contributed by atoms with E-state index in [1.807, 2.05) is 0 Å². The van der Waals surface area contributed by atoms with E-state index in [0.717, 1.165) is 16.8 Å². The zero-order valence-electron chi connectivity index (χ0n) is 15.5. The van der Waals surface area contributed by atoms with Crippen LogP contribution in [0.5, 0.6) is 0 Å². The first-order valence-electron chi connectivity index (χ1n) is 8.90. The molecule has 1 heterocycles. The number of aromatic carboxylic acids is 1. The van der Waals surface area contributed by atoms with Crippen LogP contribution < -0.4 is 0 Å². The third kappa shape index (κ3) is 4.31. The molecule has 0 saturated heterocycles. The Balaban J connectivity index is 0.00000289. The molecule has 0 unspecified atom stereocenters. The van der Waals surface area contributed by atoms with E-state index in [-0.39, 0.29) is 45.7 Å². The first-order valence-corrected chi connectivity index (χ1v) is 9.28. The van der Waals surface area contributed by atoms with Crippen LogP contribution in [0.2, 0.25) is 5.02 Å². The van der Waals surface area contributed by atoms with Crippen LogP contribution in [0.25, 0.3) is 22.2 Å². The number of aromatic nitrogens is 2. The van der Waals surface area contributed by atoms with Gasteiger partial charge in [0.05, 0.1) is 27.2 Å². The fourth-order valence-electron chi connectivity index (χ4n) is 3.29. The van der Waals surface area contributed by atoms with Crippen LogP contribution in [0.15, 0.2) is 66.7 Å². The minimum atomic E-state index is -4.78. The van der Waals surface area contributed by atoms with Crippen LogP contribution in [0.4, 0.5) is 13.2 Å². The molecule has 158 valence electrons. The number of carbonyl (C=O) groups is 2. The molecule has 4 rings (SSSR count). The number of para-hydroxylation sites is 1. The molecule has 0 aliphatic rings. The van der Waals surface area contributed by atoms with E-state index in [0.29, 0.717) is 16.6 Å². The van der Waals surface area contributed by atoms with Crippen LogP contribution in [0, 0.1) is 0 Å². The number of hydrogen-bond acceptors (Lipinski definition) is 3. The summed E-state index contributed by atoms with van der Waals surface area (Å²) >= 11 is 5.98. The summed E-state index contributed by atoms with van der Waals surface area (Å²) in [5.41, 5.74) is -0.675. The molecule has 0 bridgehead atoms. The third-order valence-electron chi connectivity index (χ3n) is 4.72. The van der Waals surface area contributed by atoms with Crippen LogP contribution in [-0.2, 0) is 6.18 Å². The number of halogens is 4. The van der Waals surface area contributed by atoms with Gasteiger partial charge in [-0.1, -0.05) is 48.0 Å². The van der Waals surface area contributed by atoms with Gasteiger partial charge in [-0.25, -0.2) is 4.79 Å². The molecular formula is C22H13ClF3N2NaO3. The van der Waals surface area contributed by atoms with E-state index in [9.17, 15) is 22.8 Å². The second-order valence-corrected chi connectivity index (χ2v) is 7.03. The summed E-state index contributed by atoms with van der Waals surface area (Å²) in [7, 11) is 0. The van der Waals surface area contributed by atoms with Crippen molar-refractivity contribution in [1.82, 2.24) is 9.78 Å². The molecule has 3 aromatic carbocycles. The van der Waals surface area contributed by atoms with Crippen LogP contribution in [0.1, 0.15) is 26.3 Å². The molecule has 5 nitrogen and oxygen atoms in total. The van der Waals surface area contributed by atoms with Crippen molar-refractivity contribution in [2.75, 3.05) is 0 Å². The van der Waals surface area contributed by atoms with Crippen molar-refractivity contribution in [3.63, 3.8) is 0 Å². The number of rotatable bonds is 3. The zero-order valence-corrected chi connectivity index (χ0v) is 16.3. The van der Waals surface area contributed by atoms with Crippen LogP contribution in [-0.4, -0.2) is 56.3 Å². The molecule has 0 spiro atoms. The summed E-state index contributed by atoms with van der Waals surface area (Å²) in [5, 5.41) is 13.5. The van der Waals surface area contributed by atoms with Crippen molar-refractivity contribution < 1.29 is 27.9 Å². The number of carboxylic acids is 1. The Morgan fingerprint density at radius 1 is 0.938 bits per heavy atom. The maximum absolute atomic E-state index is 13.5. The van der Waals surface area contributed by atoms with Gasteiger partial charge in [0.1, 0.15) is 5.69 Å². The number of alkyl halides is 3. The molecule has 0 saturated carbocycles. The molecule has 32 heavy (non-hydrogen) atoms. The summed E-state index contributed by atoms with van der Waals surface area (Å²) in [4.78, 5) is 24.3. The average molecular weight is 469 g/mol. The Kier molecular flexibility index (Phi) is 6.80. The van der Waals surface area contributed by atoms with Gasteiger partial charge in [-0.05, 0) is 30.3 Å².